The van der Waals surface area contributed by atoms with Crippen LogP contribution in [0.1, 0.15) is 28.4 Å². The number of aldehydes is 1. The lowest BCUT2D eigenvalue weighted by Crippen LogP contribution is -2.18. The molecule has 1 aromatic carbocycles. The Morgan fingerprint density at radius 2 is 2.10 bits per heavy atom. The van der Waals surface area contributed by atoms with Gasteiger partial charge in [0.15, 0.2) is 0 Å². The summed E-state index contributed by atoms with van der Waals surface area (Å²) in [5.41, 5.74) is -0.544. The Morgan fingerprint density at radius 3 is 2.57 bits per heavy atom. The average molecular weight is 301 g/mol. The molecule has 112 valence electrons. The SMILES string of the molecule is CCOC(=O)Cc1cc(OC(F)(F)F)c(C#N)cc1C=O. The van der Waals surface area contributed by atoms with E-state index in [1.165, 1.54) is 6.07 Å². The molecule has 0 bridgehead atoms. The normalized spacial score (nSPS) is 10.6. The predicted molar refractivity (Wildman–Crippen MR) is 63.6 cm³/mol. The molecule has 0 atom stereocenters. The van der Waals surface area contributed by atoms with Gasteiger partial charge in [0, 0.05) is 5.56 Å². The first-order chi connectivity index (χ1) is 9.80. The van der Waals surface area contributed by atoms with Crippen molar-refractivity contribution in [2.45, 2.75) is 19.7 Å². The predicted octanol–water partition coefficient (Wildman–Crippen LogP) is 2.37. The molecule has 0 aromatic heterocycles. The maximum Gasteiger partial charge on any atom is 0.573 e. The molecule has 5 nitrogen and oxygen atoms in total. The van der Waals surface area contributed by atoms with Crippen LogP contribution in [0.25, 0.3) is 0 Å². The van der Waals surface area contributed by atoms with E-state index in [2.05, 4.69) is 9.47 Å². The third-order valence-electron chi connectivity index (χ3n) is 2.35. The Kier molecular flexibility index (Phi) is 5.30. The fourth-order valence-corrected chi connectivity index (χ4v) is 1.57. The van der Waals surface area contributed by atoms with Gasteiger partial charge < -0.3 is 9.47 Å². The molecule has 0 saturated heterocycles. The quantitative estimate of drug-likeness (QED) is 0.616. The summed E-state index contributed by atoms with van der Waals surface area (Å²) < 4.78 is 45.2. The minimum atomic E-state index is -4.99. The third kappa shape index (κ3) is 4.80. The molecule has 21 heavy (non-hydrogen) atoms. The lowest BCUT2D eigenvalue weighted by Gasteiger charge is -2.13. The average Bonchev–Trinajstić information content (AvgIpc) is 2.37. The van der Waals surface area contributed by atoms with Crippen LogP contribution < -0.4 is 4.74 Å². The Hall–Kier alpha value is -2.56. The molecular weight excluding hydrogens is 291 g/mol. The zero-order valence-electron chi connectivity index (χ0n) is 10.9. The van der Waals surface area contributed by atoms with Gasteiger partial charge in [-0.25, -0.2) is 0 Å². The minimum absolute atomic E-state index is 0.0123. The van der Waals surface area contributed by atoms with Crippen LogP contribution in [0.2, 0.25) is 0 Å². The first-order valence-electron chi connectivity index (χ1n) is 5.74. The molecule has 1 aromatic rings. The van der Waals surface area contributed by atoms with Gasteiger partial charge in [-0.2, -0.15) is 5.26 Å². The van der Waals surface area contributed by atoms with Gasteiger partial charge in [0.25, 0.3) is 0 Å². The van der Waals surface area contributed by atoms with Gasteiger partial charge in [0.2, 0.25) is 0 Å². The van der Waals surface area contributed by atoms with Crippen LogP contribution in [0.4, 0.5) is 13.2 Å². The molecule has 0 amide bonds. The number of ether oxygens (including phenoxy) is 2. The van der Waals surface area contributed by atoms with E-state index in [1.807, 2.05) is 0 Å². The summed E-state index contributed by atoms with van der Waals surface area (Å²) in [4.78, 5) is 22.3. The van der Waals surface area contributed by atoms with E-state index in [9.17, 15) is 22.8 Å². The maximum atomic E-state index is 12.3. The van der Waals surface area contributed by atoms with Crippen molar-refractivity contribution in [1.29, 1.82) is 5.26 Å². The van der Waals surface area contributed by atoms with Crippen molar-refractivity contribution in [2.24, 2.45) is 0 Å². The number of hydrogen-bond donors (Lipinski definition) is 0. The van der Waals surface area contributed by atoms with Crippen molar-refractivity contribution in [3.8, 4) is 11.8 Å². The van der Waals surface area contributed by atoms with E-state index in [1.54, 1.807) is 6.92 Å². The van der Waals surface area contributed by atoms with Gasteiger partial charge in [0.1, 0.15) is 18.1 Å². The maximum absolute atomic E-state index is 12.3. The van der Waals surface area contributed by atoms with Crippen LogP contribution in [-0.4, -0.2) is 25.2 Å². The molecule has 0 aliphatic heterocycles. The summed E-state index contributed by atoms with van der Waals surface area (Å²) in [5, 5.41) is 8.79. The molecule has 0 fully saturated rings. The molecule has 0 saturated carbocycles. The van der Waals surface area contributed by atoms with Gasteiger partial charge in [0.05, 0.1) is 18.6 Å². The van der Waals surface area contributed by atoms with Crippen LogP contribution in [0.3, 0.4) is 0 Å². The highest BCUT2D eigenvalue weighted by Gasteiger charge is 2.32. The number of carbonyl (C=O) groups is 2. The van der Waals surface area contributed by atoms with Gasteiger partial charge in [-0.1, -0.05) is 0 Å². The van der Waals surface area contributed by atoms with Crippen molar-refractivity contribution in [2.75, 3.05) is 6.61 Å². The molecule has 0 radical (unpaired) electrons. The molecule has 0 aliphatic rings. The first kappa shape index (κ1) is 16.5. The topological polar surface area (TPSA) is 76.4 Å². The number of carbonyl (C=O) groups excluding carboxylic acids is 2. The van der Waals surface area contributed by atoms with Crippen molar-refractivity contribution < 1.29 is 32.2 Å². The first-order valence-corrected chi connectivity index (χ1v) is 5.74. The number of alkyl halides is 3. The molecular formula is C13H10F3NO4. The molecule has 0 aliphatic carbocycles. The van der Waals surface area contributed by atoms with Crippen LogP contribution in [0.5, 0.6) is 5.75 Å². The van der Waals surface area contributed by atoms with Crippen molar-refractivity contribution in [1.82, 2.24) is 0 Å². The number of rotatable bonds is 5. The number of halogens is 3. The van der Waals surface area contributed by atoms with Gasteiger partial charge in [-0.3, -0.25) is 9.59 Å². The molecule has 1 rings (SSSR count). The van der Waals surface area contributed by atoms with E-state index in [4.69, 9.17) is 5.26 Å². The Labute approximate surface area is 117 Å². The summed E-state index contributed by atoms with van der Waals surface area (Å²) in [5.74, 6) is -1.47. The zero-order chi connectivity index (χ0) is 16.0. The fourth-order valence-electron chi connectivity index (χ4n) is 1.57. The third-order valence-corrected chi connectivity index (χ3v) is 2.35. The molecule has 0 N–H and O–H groups in total. The molecule has 0 heterocycles. The van der Waals surface area contributed by atoms with Crippen LogP contribution in [-0.2, 0) is 16.0 Å². The van der Waals surface area contributed by atoms with Gasteiger partial charge in [-0.15, -0.1) is 13.2 Å². The smallest absolute Gasteiger partial charge is 0.466 e. The number of esters is 1. The van der Waals surface area contributed by atoms with E-state index in [-0.39, 0.29) is 17.7 Å². The Morgan fingerprint density at radius 1 is 1.43 bits per heavy atom. The Bertz CT molecular complexity index is 590. The van der Waals surface area contributed by atoms with Crippen LogP contribution in [0, 0.1) is 11.3 Å². The lowest BCUT2D eigenvalue weighted by molar-refractivity contribution is -0.274. The van der Waals surface area contributed by atoms with Crippen molar-refractivity contribution in [3.05, 3.63) is 28.8 Å². The van der Waals surface area contributed by atoms with Gasteiger partial charge >= 0.3 is 12.3 Å². The summed E-state index contributed by atoms with van der Waals surface area (Å²) in [6.45, 7) is 1.66. The summed E-state index contributed by atoms with van der Waals surface area (Å²) in [6.07, 6.45) is -5.05. The minimum Gasteiger partial charge on any atom is -0.466 e. The second-order valence-corrected chi connectivity index (χ2v) is 3.81. The number of nitrogens with zero attached hydrogens (tertiary/aromatic N) is 1. The Balaban J connectivity index is 3.23. The number of benzene rings is 1. The van der Waals surface area contributed by atoms with E-state index in [0.29, 0.717) is 6.29 Å². The molecule has 8 heteroatoms. The van der Waals surface area contributed by atoms with Crippen molar-refractivity contribution >= 4 is 12.3 Å². The van der Waals surface area contributed by atoms with Gasteiger partial charge in [-0.05, 0) is 24.6 Å². The fraction of sp³-hybridized carbons (Fsp3) is 0.308. The number of hydrogen-bond acceptors (Lipinski definition) is 5. The van der Waals surface area contributed by atoms with E-state index < -0.39 is 30.1 Å². The van der Waals surface area contributed by atoms with Crippen LogP contribution in [0.15, 0.2) is 12.1 Å². The zero-order valence-corrected chi connectivity index (χ0v) is 10.9. The van der Waals surface area contributed by atoms with Crippen LogP contribution >= 0.6 is 0 Å². The second kappa shape index (κ2) is 6.74. The second-order valence-electron chi connectivity index (χ2n) is 3.81. The summed E-state index contributed by atoms with van der Waals surface area (Å²) in [7, 11) is 0. The summed E-state index contributed by atoms with van der Waals surface area (Å²) >= 11 is 0. The highest BCUT2D eigenvalue weighted by Crippen LogP contribution is 2.29. The van der Waals surface area contributed by atoms with E-state index >= 15 is 0 Å². The number of nitriles is 1. The standard InChI is InChI=1S/C13H10F3NO4/c1-2-20-12(19)5-8-4-11(21-13(14,15)16)9(6-17)3-10(8)7-18/h3-4,7H,2,5H2,1H3. The molecule has 0 unspecified atom stereocenters. The molecule has 0 spiro atoms. The highest BCUT2D eigenvalue weighted by molar-refractivity contribution is 5.83. The monoisotopic (exact) mass is 301 g/mol. The lowest BCUT2D eigenvalue weighted by atomic mass is 10.0. The highest BCUT2D eigenvalue weighted by atomic mass is 19.4. The van der Waals surface area contributed by atoms with Crippen molar-refractivity contribution in [3.63, 3.8) is 0 Å². The largest absolute Gasteiger partial charge is 0.573 e. The van der Waals surface area contributed by atoms with E-state index in [0.717, 1.165) is 12.1 Å². The summed E-state index contributed by atoms with van der Waals surface area (Å²) in [6, 6.07) is 3.27.